The van der Waals surface area contributed by atoms with Crippen LogP contribution in [0.4, 0.5) is 0 Å². The second kappa shape index (κ2) is 8.10. The van der Waals surface area contributed by atoms with Crippen LogP contribution in [0, 0.1) is 5.92 Å². The van der Waals surface area contributed by atoms with E-state index in [0.29, 0.717) is 0 Å². The van der Waals surface area contributed by atoms with Crippen molar-refractivity contribution in [1.82, 2.24) is 0 Å². The molecule has 0 heteroatoms. The van der Waals surface area contributed by atoms with Crippen molar-refractivity contribution in [3.05, 3.63) is 5.92 Å². The molecule has 0 unspecified atom stereocenters. The summed E-state index contributed by atoms with van der Waals surface area (Å²) < 4.78 is 0. The third-order valence-electron chi connectivity index (χ3n) is 2.13. The Morgan fingerprint density at radius 1 is 0.818 bits per heavy atom. The fraction of sp³-hybridized carbons (Fsp3) is 0.909. The molecule has 0 heterocycles. The van der Waals surface area contributed by atoms with Gasteiger partial charge in [0, 0.05) is 0 Å². The fourth-order valence-electron chi connectivity index (χ4n) is 1.41. The number of hydrogen-bond acceptors (Lipinski definition) is 0. The topological polar surface area (TPSA) is 0 Å². The zero-order valence-electron chi connectivity index (χ0n) is 8.45. The van der Waals surface area contributed by atoms with E-state index < -0.39 is 0 Å². The summed E-state index contributed by atoms with van der Waals surface area (Å²) in [6, 6.07) is 0. The van der Waals surface area contributed by atoms with Crippen molar-refractivity contribution in [1.29, 1.82) is 0 Å². The molecule has 67 valence electrons. The van der Waals surface area contributed by atoms with E-state index in [1.165, 1.54) is 44.9 Å². The van der Waals surface area contributed by atoms with Gasteiger partial charge in [0.2, 0.25) is 0 Å². The van der Waals surface area contributed by atoms with Crippen molar-refractivity contribution in [2.75, 3.05) is 0 Å². The normalized spacial score (nSPS) is 10.9. The fourth-order valence-corrected chi connectivity index (χ4v) is 1.41. The van der Waals surface area contributed by atoms with Crippen LogP contribution in [0.1, 0.15) is 65.7 Å². The Kier molecular flexibility index (Phi) is 8.10. The van der Waals surface area contributed by atoms with E-state index in [-0.39, 0.29) is 0 Å². The quantitative estimate of drug-likeness (QED) is 0.479. The van der Waals surface area contributed by atoms with E-state index in [1.807, 2.05) is 0 Å². The highest BCUT2D eigenvalue weighted by Gasteiger charge is 1.99. The molecule has 0 N–H and O–H groups in total. The molecule has 0 saturated carbocycles. The maximum atomic E-state index is 2.30. The van der Waals surface area contributed by atoms with Gasteiger partial charge in [-0.3, -0.25) is 0 Å². The van der Waals surface area contributed by atoms with Crippen LogP contribution in [0.15, 0.2) is 0 Å². The van der Waals surface area contributed by atoms with E-state index in [4.69, 9.17) is 0 Å². The minimum Gasteiger partial charge on any atom is -0.0654 e. The highest BCUT2D eigenvalue weighted by atomic mass is 14.0. The van der Waals surface area contributed by atoms with E-state index in [9.17, 15) is 0 Å². The Morgan fingerprint density at radius 2 is 1.55 bits per heavy atom. The molecule has 0 aromatic rings. The van der Waals surface area contributed by atoms with Gasteiger partial charge in [-0.15, -0.1) is 0 Å². The van der Waals surface area contributed by atoms with Gasteiger partial charge in [0.25, 0.3) is 0 Å². The van der Waals surface area contributed by atoms with Gasteiger partial charge in [-0.2, -0.15) is 0 Å². The van der Waals surface area contributed by atoms with Gasteiger partial charge >= 0.3 is 0 Å². The standard InChI is InChI=1S/C11H23/c1-4-6-7-8-10-11(3)9-5-2/h4-10H2,1-3H3. The summed E-state index contributed by atoms with van der Waals surface area (Å²) in [6.45, 7) is 6.83. The Hall–Kier alpha value is 0. The zero-order chi connectivity index (χ0) is 8.53. The number of unbranched alkanes of at least 4 members (excludes halogenated alkanes) is 3. The van der Waals surface area contributed by atoms with Crippen LogP contribution in [0.3, 0.4) is 0 Å². The van der Waals surface area contributed by atoms with Crippen LogP contribution in [0.5, 0.6) is 0 Å². The first-order valence-electron chi connectivity index (χ1n) is 5.12. The molecule has 0 aliphatic carbocycles. The first-order chi connectivity index (χ1) is 5.31. The summed E-state index contributed by atoms with van der Waals surface area (Å²) in [5.74, 6) is 1.70. The summed E-state index contributed by atoms with van der Waals surface area (Å²) in [5, 5.41) is 0. The first-order valence-corrected chi connectivity index (χ1v) is 5.12. The minimum atomic E-state index is 1.32. The minimum absolute atomic E-state index is 1.32. The lowest BCUT2D eigenvalue weighted by Crippen LogP contribution is -1.90. The van der Waals surface area contributed by atoms with Gasteiger partial charge < -0.3 is 0 Å². The summed E-state index contributed by atoms with van der Waals surface area (Å²) in [5.41, 5.74) is 0. The predicted octanol–water partition coefficient (Wildman–Crippen LogP) is 4.35. The molecular weight excluding hydrogens is 132 g/mol. The van der Waals surface area contributed by atoms with E-state index in [1.54, 1.807) is 5.92 Å². The van der Waals surface area contributed by atoms with Gasteiger partial charge in [-0.1, -0.05) is 52.9 Å². The van der Waals surface area contributed by atoms with E-state index in [2.05, 4.69) is 20.8 Å². The van der Waals surface area contributed by atoms with Gasteiger partial charge in [0.15, 0.2) is 0 Å². The molecule has 0 spiro atoms. The predicted molar refractivity (Wildman–Crippen MR) is 52.6 cm³/mol. The maximum Gasteiger partial charge on any atom is -0.0272 e. The highest BCUT2D eigenvalue weighted by molar-refractivity contribution is 4.82. The molecule has 0 amide bonds. The molecule has 0 aliphatic rings. The molecule has 0 aliphatic heterocycles. The van der Waals surface area contributed by atoms with Crippen molar-refractivity contribution in [3.8, 4) is 0 Å². The molecule has 0 rings (SSSR count). The van der Waals surface area contributed by atoms with Gasteiger partial charge in [0.05, 0.1) is 0 Å². The van der Waals surface area contributed by atoms with Crippen molar-refractivity contribution in [2.45, 2.75) is 65.7 Å². The van der Waals surface area contributed by atoms with Crippen molar-refractivity contribution >= 4 is 0 Å². The smallest absolute Gasteiger partial charge is 0.0272 e. The number of rotatable bonds is 7. The molecule has 11 heavy (non-hydrogen) atoms. The van der Waals surface area contributed by atoms with Crippen LogP contribution in [0.2, 0.25) is 0 Å². The van der Waals surface area contributed by atoms with Crippen molar-refractivity contribution in [3.63, 3.8) is 0 Å². The molecule has 1 radical (unpaired) electrons. The largest absolute Gasteiger partial charge is 0.0654 e. The highest BCUT2D eigenvalue weighted by Crippen LogP contribution is 2.16. The van der Waals surface area contributed by atoms with Crippen molar-refractivity contribution < 1.29 is 0 Å². The van der Waals surface area contributed by atoms with Crippen LogP contribution in [0.25, 0.3) is 0 Å². The first kappa shape index (κ1) is 11.0. The Labute approximate surface area is 72.4 Å². The van der Waals surface area contributed by atoms with Crippen LogP contribution in [-0.2, 0) is 0 Å². The van der Waals surface area contributed by atoms with Gasteiger partial charge in [-0.25, -0.2) is 0 Å². The second-order valence-corrected chi connectivity index (χ2v) is 3.52. The lowest BCUT2D eigenvalue weighted by Gasteiger charge is -2.07. The van der Waals surface area contributed by atoms with E-state index >= 15 is 0 Å². The average Bonchev–Trinajstić information content (AvgIpc) is 1.99. The van der Waals surface area contributed by atoms with Crippen molar-refractivity contribution in [2.24, 2.45) is 0 Å². The second-order valence-electron chi connectivity index (χ2n) is 3.52. The zero-order valence-corrected chi connectivity index (χ0v) is 8.45. The molecule has 0 nitrogen and oxygen atoms in total. The molecule has 0 atom stereocenters. The molecule has 0 saturated heterocycles. The van der Waals surface area contributed by atoms with Gasteiger partial charge in [-0.05, 0) is 18.8 Å². The summed E-state index contributed by atoms with van der Waals surface area (Å²) >= 11 is 0. The monoisotopic (exact) mass is 155 g/mol. The summed E-state index contributed by atoms with van der Waals surface area (Å²) in [7, 11) is 0. The van der Waals surface area contributed by atoms with Gasteiger partial charge in [0.1, 0.15) is 0 Å². The molecule has 0 aromatic heterocycles. The van der Waals surface area contributed by atoms with Crippen LogP contribution >= 0.6 is 0 Å². The summed E-state index contributed by atoms with van der Waals surface area (Å²) in [4.78, 5) is 0. The molecular formula is C11H23. The lowest BCUT2D eigenvalue weighted by molar-refractivity contribution is 0.612. The Balaban J connectivity index is 2.97. The third-order valence-corrected chi connectivity index (χ3v) is 2.13. The van der Waals surface area contributed by atoms with Crippen LogP contribution in [-0.4, -0.2) is 0 Å². The maximum absolute atomic E-state index is 2.30. The summed E-state index contributed by atoms with van der Waals surface area (Å²) in [6.07, 6.45) is 9.64. The molecule has 0 bridgehead atoms. The molecule has 0 fully saturated rings. The molecule has 0 aromatic carbocycles. The average molecular weight is 155 g/mol. The van der Waals surface area contributed by atoms with E-state index in [0.717, 1.165) is 0 Å². The SMILES string of the molecule is CCCCCC[C](C)CCC. The third kappa shape index (κ3) is 7.90. The lowest BCUT2D eigenvalue weighted by atomic mass is 9.98. The Morgan fingerprint density at radius 3 is 2.09 bits per heavy atom. The Bertz CT molecular complexity index is 66.4. The number of hydrogen-bond donors (Lipinski definition) is 0. The van der Waals surface area contributed by atoms with Crippen LogP contribution < -0.4 is 0 Å².